The van der Waals surface area contributed by atoms with Gasteiger partial charge in [0, 0.05) is 16.7 Å². The number of ether oxygens (including phenoxy) is 2. The molecular formula is C21H22N2O5. The molecule has 1 heterocycles. The van der Waals surface area contributed by atoms with Crippen molar-refractivity contribution in [3.63, 3.8) is 0 Å². The Morgan fingerprint density at radius 2 is 1.93 bits per heavy atom. The van der Waals surface area contributed by atoms with Crippen LogP contribution < -0.4 is 4.74 Å². The van der Waals surface area contributed by atoms with E-state index in [2.05, 4.69) is 4.98 Å². The Labute approximate surface area is 163 Å². The monoisotopic (exact) mass is 382 g/mol. The molecule has 28 heavy (non-hydrogen) atoms. The zero-order chi connectivity index (χ0) is 20.8. The van der Waals surface area contributed by atoms with Gasteiger partial charge < -0.3 is 14.6 Å². The molecule has 0 saturated heterocycles. The minimum atomic E-state index is -0.689. The van der Waals surface area contributed by atoms with E-state index in [0.29, 0.717) is 34.6 Å². The fourth-order valence-corrected chi connectivity index (χ4v) is 3.10. The van der Waals surface area contributed by atoms with E-state index < -0.39 is 12.6 Å². The van der Waals surface area contributed by atoms with Gasteiger partial charge in [-0.3, -0.25) is 9.78 Å². The lowest BCUT2D eigenvalue weighted by Gasteiger charge is -2.20. The summed E-state index contributed by atoms with van der Waals surface area (Å²) in [5.74, 6) is -0.643. The first-order chi connectivity index (χ1) is 13.4. The van der Waals surface area contributed by atoms with Gasteiger partial charge in [-0.05, 0) is 38.5 Å². The van der Waals surface area contributed by atoms with Gasteiger partial charge in [-0.25, -0.2) is 4.79 Å². The van der Waals surface area contributed by atoms with Gasteiger partial charge in [0.1, 0.15) is 5.75 Å². The van der Waals surface area contributed by atoms with E-state index in [1.165, 1.54) is 20.1 Å². The van der Waals surface area contributed by atoms with Gasteiger partial charge in [-0.2, -0.15) is 5.26 Å². The molecule has 0 fully saturated rings. The standard InChI is InChI=1S/C21H22N2O5/c1-5-15-18(12(3)25)19(14-8-7-13(10-22)9-17(14)27-4)20(16(11-24)23-15)21(26)28-6-2/h7-9,24H,5-6,11H2,1-4H3. The number of aromatic nitrogens is 1. The van der Waals surface area contributed by atoms with Gasteiger partial charge in [-0.15, -0.1) is 0 Å². The third-order valence-electron chi connectivity index (χ3n) is 4.26. The van der Waals surface area contributed by atoms with Crippen molar-refractivity contribution in [1.82, 2.24) is 4.98 Å². The number of carbonyl (C=O) groups excluding carboxylic acids is 2. The van der Waals surface area contributed by atoms with E-state index in [1.54, 1.807) is 19.1 Å². The van der Waals surface area contributed by atoms with Crippen LogP contribution in [0.4, 0.5) is 0 Å². The number of carbonyl (C=O) groups is 2. The third-order valence-corrected chi connectivity index (χ3v) is 4.26. The van der Waals surface area contributed by atoms with Crippen LogP contribution in [0.1, 0.15) is 58.4 Å². The molecule has 7 heteroatoms. The Kier molecular flexibility index (Phi) is 6.85. The molecule has 0 aliphatic carbocycles. The summed E-state index contributed by atoms with van der Waals surface area (Å²) in [7, 11) is 1.44. The predicted octanol–water partition coefficient (Wildman–Crippen LogP) is 3.06. The average molecular weight is 382 g/mol. The van der Waals surface area contributed by atoms with E-state index in [0.717, 1.165) is 0 Å². The molecule has 1 N–H and O–H groups in total. The van der Waals surface area contributed by atoms with Crippen LogP contribution in [-0.2, 0) is 17.8 Å². The van der Waals surface area contributed by atoms with Crippen LogP contribution in [0.2, 0.25) is 0 Å². The molecule has 0 atom stereocenters. The first-order valence-corrected chi connectivity index (χ1v) is 8.86. The van der Waals surface area contributed by atoms with Gasteiger partial charge in [0.25, 0.3) is 0 Å². The maximum Gasteiger partial charge on any atom is 0.340 e. The molecule has 146 valence electrons. The van der Waals surface area contributed by atoms with Crippen LogP contribution in [-0.4, -0.2) is 35.6 Å². The zero-order valence-corrected chi connectivity index (χ0v) is 16.3. The number of rotatable bonds is 7. The third kappa shape index (κ3) is 3.87. The van der Waals surface area contributed by atoms with Crippen LogP contribution >= 0.6 is 0 Å². The van der Waals surface area contributed by atoms with Crippen molar-refractivity contribution in [2.24, 2.45) is 0 Å². The molecular weight excluding hydrogens is 360 g/mol. The number of Topliss-reactive ketones (excluding diaryl/α,β-unsaturated/α-hetero) is 1. The molecule has 1 aromatic carbocycles. The molecule has 0 aliphatic heterocycles. The second kappa shape index (κ2) is 9.11. The Bertz CT molecular complexity index is 960. The van der Waals surface area contributed by atoms with Crippen molar-refractivity contribution in [2.75, 3.05) is 13.7 Å². The van der Waals surface area contributed by atoms with E-state index in [1.807, 2.05) is 13.0 Å². The highest BCUT2D eigenvalue weighted by Crippen LogP contribution is 2.38. The lowest BCUT2D eigenvalue weighted by Crippen LogP contribution is -2.18. The summed E-state index contributed by atoms with van der Waals surface area (Å²) in [6.45, 7) is 4.52. The van der Waals surface area contributed by atoms with Crippen LogP contribution in [0.25, 0.3) is 11.1 Å². The normalized spacial score (nSPS) is 10.3. The van der Waals surface area contributed by atoms with Crippen LogP contribution in [0, 0.1) is 11.3 Å². The SMILES string of the molecule is CCOC(=O)c1c(CO)nc(CC)c(C(C)=O)c1-c1ccc(C#N)cc1OC. The molecule has 0 unspecified atom stereocenters. The van der Waals surface area contributed by atoms with E-state index in [-0.39, 0.29) is 29.2 Å². The summed E-state index contributed by atoms with van der Waals surface area (Å²) in [5.41, 5.74) is 1.99. The lowest BCUT2D eigenvalue weighted by molar-refractivity contribution is 0.0523. The minimum Gasteiger partial charge on any atom is -0.496 e. The summed E-state index contributed by atoms with van der Waals surface area (Å²) >= 11 is 0. The van der Waals surface area contributed by atoms with Gasteiger partial charge in [-0.1, -0.05) is 6.92 Å². The molecule has 0 amide bonds. The fourth-order valence-electron chi connectivity index (χ4n) is 3.10. The number of methoxy groups -OCH3 is 1. The Balaban J connectivity index is 3.03. The second-order valence-electron chi connectivity index (χ2n) is 5.95. The second-order valence-corrected chi connectivity index (χ2v) is 5.95. The summed E-state index contributed by atoms with van der Waals surface area (Å²) in [6.07, 6.45) is 0.427. The molecule has 0 bridgehead atoms. The van der Waals surface area contributed by atoms with Crippen LogP contribution in [0.15, 0.2) is 18.2 Å². The van der Waals surface area contributed by atoms with Gasteiger partial charge >= 0.3 is 5.97 Å². The number of esters is 1. The number of nitriles is 1. The first-order valence-electron chi connectivity index (χ1n) is 8.86. The van der Waals surface area contributed by atoms with Crippen molar-refractivity contribution >= 4 is 11.8 Å². The van der Waals surface area contributed by atoms with Crippen molar-refractivity contribution in [3.05, 3.63) is 46.3 Å². The first kappa shape index (κ1) is 21.1. The number of aryl methyl sites for hydroxylation is 1. The highest BCUT2D eigenvalue weighted by molar-refractivity contribution is 6.09. The van der Waals surface area contributed by atoms with Crippen molar-refractivity contribution in [3.8, 4) is 22.9 Å². The smallest absolute Gasteiger partial charge is 0.340 e. The van der Waals surface area contributed by atoms with Crippen molar-refractivity contribution in [2.45, 2.75) is 33.8 Å². The van der Waals surface area contributed by atoms with Crippen LogP contribution in [0.3, 0.4) is 0 Å². The van der Waals surface area contributed by atoms with Crippen LogP contribution in [0.5, 0.6) is 5.75 Å². The summed E-state index contributed by atoms with van der Waals surface area (Å²) in [5, 5.41) is 19.0. The molecule has 7 nitrogen and oxygen atoms in total. The molecule has 0 radical (unpaired) electrons. The lowest BCUT2D eigenvalue weighted by atomic mass is 9.89. The zero-order valence-electron chi connectivity index (χ0n) is 16.3. The molecule has 0 saturated carbocycles. The number of pyridine rings is 1. The number of ketones is 1. The number of hydrogen-bond acceptors (Lipinski definition) is 7. The maximum atomic E-state index is 12.7. The predicted molar refractivity (Wildman–Crippen MR) is 102 cm³/mol. The highest BCUT2D eigenvalue weighted by atomic mass is 16.5. The van der Waals surface area contributed by atoms with Crippen molar-refractivity contribution < 1.29 is 24.2 Å². The summed E-state index contributed by atoms with van der Waals surface area (Å²) in [4.78, 5) is 29.6. The van der Waals surface area contributed by atoms with E-state index >= 15 is 0 Å². The van der Waals surface area contributed by atoms with Gasteiger partial charge in [0.15, 0.2) is 5.78 Å². The molecule has 2 rings (SSSR count). The molecule has 0 spiro atoms. The topological polar surface area (TPSA) is 110 Å². The molecule has 2 aromatic rings. The fraction of sp³-hybridized carbons (Fsp3) is 0.333. The maximum absolute atomic E-state index is 12.7. The number of aliphatic hydroxyl groups is 1. The quantitative estimate of drug-likeness (QED) is 0.579. The van der Waals surface area contributed by atoms with Gasteiger partial charge in [0.05, 0.1) is 48.9 Å². The Morgan fingerprint density at radius 1 is 1.21 bits per heavy atom. The molecule has 1 aromatic heterocycles. The number of aliphatic hydroxyl groups excluding tert-OH is 1. The minimum absolute atomic E-state index is 0.0229. The summed E-state index contributed by atoms with van der Waals surface area (Å²) in [6, 6.07) is 6.74. The van der Waals surface area contributed by atoms with Gasteiger partial charge in [0.2, 0.25) is 0 Å². The highest BCUT2D eigenvalue weighted by Gasteiger charge is 2.29. The Hall–Kier alpha value is -3.24. The van der Waals surface area contributed by atoms with Crippen molar-refractivity contribution in [1.29, 1.82) is 5.26 Å². The number of nitrogens with zero attached hydrogens (tertiary/aromatic N) is 2. The summed E-state index contributed by atoms with van der Waals surface area (Å²) < 4.78 is 10.6. The largest absolute Gasteiger partial charge is 0.496 e. The number of benzene rings is 1. The average Bonchev–Trinajstić information content (AvgIpc) is 2.71. The molecule has 0 aliphatic rings. The number of hydrogen-bond donors (Lipinski definition) is 1. The Morgan fingerprint density at radius 3 is 2.43 bits per heavy atom. The van der Waals surface area contributed by atoms with E-state index in [9.17, 15) is 14.7 Å². The van der Waals surface area contributed by atoms with E-state index in [4.69, 9.17) is 14.7 Å².